The zero-order valence-corrected chi connectivity index (χ0v) is 13.0. The molecule has 1 heterocycles. The Morgan fingerprint density at radius 3 is 2.77 bits per heavy atom. The molecule has 118 valence electrons. The number of aryl methyl sites for hydroxylation is 1. The molecule has 2 amide bonds. The van der Waals surface area contributed by atoms with Crippen LogP contribution in [-0.4, -0.2) is 31.4 Å². The van der Waals surface area contributed by atoms with Crippen molar-refractivity contribution in [1.82, 2.24) is 0 Å². The predicted octanol–water partition coefficient (Wildman–Crippen LogP) is 1.87. The van der Waals surface area contributed by atoms with Crippen molar-refractivity contribution in [2.75, 3.05) is 23.9 Å². The third-order valence-electron chi connectivity index (χ3n) is 3.76. The van der Waals surface area contributed by atoms with Crippen LogP contribution >= 0.6 is 0 Å². The van der Waals surface area contributed by atoms with Crippen LogP contribution in [0.15, 0.2) is 18.2 Å². The van der Waals surface area contributed by atoms with Gasteiger partial charge in [-0.05, 0) is 24.6 Å². The van der Waals surface area contributed by atoms with Crippen molar-refractivity contribution in [2.24, 2.45) is 5.92 Å². The lowest BCUT2D eigenvalue weighted by atomic mass is 10.1. The van der Waals surface area contributed by atoms with Gasteiger partial charge in [0, 0.05) is 30.8 Å². The smallest absolute Gasteiger partial charge is 0.311 e. The number of methoxy groups -OCH3 is 1. The Morgan fingerprint density at radius 2 is 2.14 bits per heavy atom. The Kier molecular flexibility index (Phi) is 4.80. The minimum atomic E-state index is -0.439. The first-order chi connectivity index (χ1) is 10.5. The first kappa shape index (κ1) is 16.0. The fraction of sp³-hybridized carbons (Fsp3) is 0.438. The van der Waals surface area contributed by atoms with Gasteiger partial charge in [0.05, 0.1) is 13.0 Å². The zero-order chi connectivity index (χ0) is 16.3. The summed E-state index contributed by atoms with van der Waals surface area (Å²) in [6.45, 7) is 3.96. The number of ether oxygens (including phenoxy) is 1. The van der Waals surface area contributed by atoms with Crippen LogP contribution in [0.1, 0.15) is 25.3 Å². The van der Waals surface area contributed by atoms with E-state index in [2.05, 4.69) is 5.32 Å². The van der Waals surface area contributed by atoms with Crippen LogP contribution in [0.3, 0.4) is 0 Å². The highest BCUT2D eigenvalue weighted by atomic mass is 16.5. The third-order valence-corrected chi connectivity index (χ3v) is 3.76. The van der Waals surface area contributed by atoms with Crippen LogP contribution in [0.2, 0.25) is 0 Å². The van der Waals surface area contributed by atoms with E-state index in [-0.39, 0.29) is 24.2 Å². The van der Waals surface area contributed by atoms with E-state index < -0.39 is 5.92 Å². The first-order valence-corrected chi connectivity index (χ1v) is 7.25. The van der Waals surface area contributed by atoms with E-state index in [1.807, 2.05) is 13.0 Å². The normalized spacial score (nSPS) is 17.5. The van der Waals surface area contributed by atoms with Crippen molar-refractivity contribution >= 4 is 29.2 Å². The second-order valence-corrected chi connectivity index (χ2v) is 5.33. The predicted molar refractivity (Wildman–Crippen MR) is 82.6 cm³/mol. The molecular weight excluding hydrogens is 284 g/mol. The summed E-state index contributed by atoms with van der Waals surface area (Å²) in [6, 6.07) is 5.41. The van der Waals surface area contributed by atoms with Crippen molar-refractivity contribution in [1.29, 1.82) is 0 Å². The SMILES string of the molecule is CCC(=O)Nc1ccc(C)c(N2CC(C(=O)OC)CC2=O)c1. The van der Waals surface area contributed by atoms with Gasteiger partial charge in [0.15, 0.2) is 0 Å². The lowest BCUT2D eigenvalue weighted by Gasteiger charge is -2.20. The molecule has 1 saturated heterocycles. The zero-order valence-electron chi connectivity index (χ0n) is 13.0. The summed E-state index contributed by atoms with van der Waals surface area (Å²) in [5.74, 6) is -1.01. The number of hydrogen-bond acceptors (Lipinski definition) is 4. The highest BCUT2D eigenvalue weighted by Gasteiger charge is 2.36. The molecule has 1 aliphatic heterocycles. The molecule has 0 bridgehead atoms. The molecule has 0 spiro atoms. The molecule has 0 aromatic heterocycles. The molecule has 22 heavy (non-hydrogen) atoms. The second-order valence-electron chi connectivity index (χ2n) is 5.33. The number of rotatable bonds is 4. The molecule has 2 rings (SSSR count). The lowest BCUT2D eigenvalue weighted by Crippen LogP contribution is -2.27. The van der Waals surface area contributed by atoms with Crippen LogP contribution < -0.4 is 10.2 Å². The van der Waals surface area contributed by atoms with Gasteiger partial charge in [-0.3, -0.25) is 14.4 Å². The standard InChI is InChI=1S/C16H20N2O4/c1-4-14(19)17-12-6-5-10(2)13(8-12)18-9-11(7-15(18)20)16(21)22-3/h5-6,8,11H,4,7,9H2,1-3H3,(H,17,19). The van der Waals surface area contributed by atoms with Crippen molar-refractivity contribution in [3.8, 4) is 0 Å². The maximum atomic E-state index is 12.2. The largest absolute Gasteiger partial charge is 0.469 e. The summed E-state index contributed by atoms with van der Waals surface area (Å²) in [7, 11) is 1.32. The topological polar surface area (TPSA) is 75.7 Å². The molecule has 0 radical (unpaired) electrons. The number of carbonyl (C=O) groups excluding carboxylic acids is 3. The Morgan fingerprint density at radius 1 is 1.41 bits per heavy atom. The van der Waals surface area contributed by atoms with Crippen molar-refractivity contribution in [3.05, 3.63) is 23.8 Å². The van der Waals surface area contributed by atoms with Crippen LogP contribution in [0.25, 0.3) is 0 Å². The molecule has 1 atom stereocenters. The number of anilines is 2. The minimum absolute atomic E-state index is 0.0880. The Hall–Kier alpha value is -2.37. The summed E-state index contributed by atoms with van der Waals surface area (Å²) in [5, 5.41) is 2.77. The van der Waals surface area contributed by atoms with Gasteiger partial charge < -0.3 is 15.0 Å². The maximum Gasteiger partial charge on any atom is 0.311 e. The van der Waals surface area contributed by atoms with Crippen molar-refractivity contribution in [3.63, 3.8) is 0 Å². The molecule has 0 saturated carbocycles. The van der Waals surface area contributed by atoms with E-state index in [0.717, 1.165) is 5.56 Å². The van der Waals surface area contributed by atoms with Crippen molar-refractivity contribution in [2.45, 2.75) is 26.7 Å². The first-order valence-electron chi connectivity index (χ1n) is 7.25. The fourth-order valence-electron chi connectivity index (χ4n) is 2.49. The van der Waals surface area contributed by atoms with E-state index in [1.165, 1.54) is 7.11 Å². The average Bonchev–Trinajstić information content (AvgIpc) is 2.90. The maximum absolute atomic E-state index is 12.2. The van der Waals surface area contributed by atoms with Gasteiger partial charge in [0.2, 0.25) is 11.8 Å². The number of carbonyl (C=O) groups is 3. The van der Waals surface area contributed by atoms with E-state index in [0.29, 0.717) is 24.3 Å². The number of nitrogens with one attached hydrogen (secondary N) is 1. The quantitative estimate of drug-likeness (QED) is 0.862. The Balaban J connectivity index is 2.24. The Bertz CT molecular complexity index is 612. The summed E-state index contributed by atoms with van der Waals surface area (Å²) >= 11 is 0. The monoisotopic (exact) mass is 304 g/mol. The molecule has 1 fully saturated rings. The second kappa shape index (κ2) is 6.60. The third kappa shape index (κ3) is 3.27. The highest BCUT2D eigenvalue weighted by molar-refractivity contribution is 6.01. The van der Waals surface area contributed by atoms with E-state index in [1.54, 1.807) is 24.0 Å². The van der Waals surface area contributed by atoms with Gasteiger partial charge in [0.1, 0.15) is 0 Å². The summed E-state index contributed by atoms with van der Waals surface area (Å²) in [4.78, 5) is 36.9. The molecule has 6 nitrogen and oxygen atoms in total. The van der Waals surface area contributed by atoms with Crippen molar-refractivity contribution < 1.29 is 19.1 Å². The summed E-state index contributed by atoms with van der Waals surface area (Å²) in [5.41, 5.74) is 2.26. The van der Waals surface area contributed by atoms with Crippen LogP contribution in [0.5, 0.6) is 0 Å². The number of nitrogens with zero attached hydrogens (tertiary/aromatic N) is 1. The number of benzene rings is 1. The average molecular weight is 304 g/mol. The van der Waals surface area contributed by atoms with Crippen LogP contribution in [0, 0.1) is 12.8 Å². The van der Waals surface area contributed by atoms with E-state index >= 15 is 0 Å². The molecule has 1 unspecified atom stereocenters. The highest BCUT2D eigenvalue weighted by Crippen LogP contribution is 2.30. The van der Waals surface area contributed by atoms with Gasteiger partial charge in [-0.25, -0.2) is 0 Å². The van der Waals surface area contributed by atoms with Gasteiger partial charge in [-0.15, -0.1) is 0 Å². The molecule has 1 aromatic carbocycles. The van der Waals surface area contributed by atoms with Gasteiger partial charge in [-0.1, -0.05) is 13.0 Å². The molecule has 6 heteroatoms. The minimum Gasteiger partial charge on any atom is -0.469 e. The lowest BCUT2D eigenvalue weighted by molar-refractivity contribution is -0.145. The van der Waals surface area contributed by atoms with Gasteiger partial charge >= 0.3 is 5.97 Å². The Labute approximate surface area is 129 Å². The molecular formula is C16H20N2O4. The molecule has 0 aliphatic carbocycles. The van der Waals surface area contributed by atoms with Gasteiger partial charge in [-0.2, -0.15) is 0 Å². The van der Waals surface area contributed by atoms with Crippen LogP contribution in [-0.2, 0) is 19.1 Å². The van der Waals surface area contributed by atoms with Crippen LogP contribution in [0.4, 0.5) is 11.4 Å². The number of amides is 2. The fourth-order valence-corrected chi connectivity index (χ4v) is 2.49. The van der Waals surface area contributed by atoms with Gasteiger partial charge in [0.25, 0.3) is 0 Å². The van der Waals surface area contributed by atoms with E-state index in [9.17, 15) is 14.4 Å². The molecule has 1 aromatic rings. The number of hydrogen-bond donors (Lipinski definition) is 1. The molecule has 1 aliphatic rings. The molecule has 1 N–H and O–H groups in total. The number of esters is 1. The summed E-state index contributed by atoms with van der Waals surface area (Å²) < 4.78 is 4.71. The van der Waals surface area contributed by atoms with E-state index in [4.69, 9.17) is 4.74 Å². The summed E-state index contributed by atoms with van der Waals surface area (Å²) in [6.07, 6.45) is 0.536.